The highest BCUT2D eigenvalue weighted by Gasteiger charge is 2.16. The Morgan fingerprint density at radius 1 is 1.35 bits per heavy atom. The number of ether oxygens (including phenoxy) is 1. The third-order valence-corrected chi connectivity index (χ3v) is 4.92. The summed E-state index contributed by atoms with van der Waals surface area (Å²) in [6.07, 6.45) is 0. The van der Waals surface area contributed by atoms with Crippen molar-refractivity contribution in [3.05, 3.63) is 22.4 Å². The average molecular weight is 339 g/mol. The molecule has 23 heavy (non-hydrogen) atoms. The molecule has 5 nitrogen and oxygen atoms in total. The predicted molar refractivity (Wildman–Crippen MR) is 98.6 cm³/mol. The highest BCUT2D eigenvalue weighted by atomic mass is 32.1. The first kappa shape index (κ1) is 18.2. The fourth-order valence-corrected chi connectivity index (χ4v) is 3.40. The van der Waals surface area contributed by atoms with Gasteiger partial charge in [0.25, 0.3) is 0 Å². The van der Waals surface area contributed by atoms with E-state index in [1.165, 1.54) is 5.56 Å². The third kappa shape index (κ3) is 6.12. The molecule has 0 spiro atoms. The lowest BCUT2D eigenvalue weighted by Crippen LogP contribution is -2.44. The van der Waals surface area contributed by atoms with E-state index in [0.29, 0.717) is 12.0 Å². The number of guanidine groups is 1. The Balaban J connectivity index is 1.81. The van der Waals surface area contributed by atoms with Crippen LogP contribution in [0, 0.1) is 0 Å². The van der Waals surface area contributed by atoms with Crippen molar-refractivity contribution in [2.45, 2.75) is 32.7 Å². The molecule has 2 N–H and O–H groups in total. The van der Waals surface area contributed by atoms with Crippen LogP contribution in [0.3, 0.4) is 0 Å². The molecule has 130 valence electrons. The second-order valence-electron chi connectivity index (χ2n) is 6.06. The van der Waals surface area contributed by atoms with Gasteiger partial charge >= 0.3 is 0 Å². The Morgan fingerprint density at radius 3 is 2.78 bits per heavy atom. The number of morpholine rings is 1. The van der Waals surface area contributed by atoms with Crippen LogP contribution in [0.5, 0.6) is 0 Å². The predicted octanol–water partition coefficient (Wildman–Crippen LogP) is 2.13. The van der Waals surface area contributed by atoms with Crippen LogP contribution in [-0.2, 0) is 4.74 Å². The summed E-state index contributed by atoms with van der Waals surface area (Å²) in [6, 6.07) is 2.64. The summed E-state index contributed by atoms with van der Waals surface area (Å²) in [5, 5.41) is 11.2. The third-order valence-electron chi connectivity index (χ3n) is 4.21. The first-order valence-electron chi connectivity index (χ1n) is 8.56. The van der Waals surface area contributed by atoms with Crippen LogP contribution < -0.4 is 10.6 Å². The minimum atomic E-state index is 0.448. The second-order valence-corrected chi connectivity index (χ2v) is 6.84. The maximum Gasteiger partial charge on any atom is 0.191 e. The zero-order chi connectivity index (χ0) is 16.5. The number of nitrogens with zero attached hydrogens (tertiary/aromatic N) is 2. The van der Waals surface area contributed by atoms with Crippen molar-refractivity contribution < 1.29 is 4.74 Å². The Hall–Kier alpha value is -1.11. The molecule has 1 aliphatic heterocycles. The van der Waals surface area contributed by atoms with Crippen LogP contribution in [0.4, 0.5) is 0 Å². The van der Waals surface area contributed by atoms with E-state index in [1.54, 1.807) is 11.3 Å². The van der Waals surface area contributed by atoms with Gasteiger partial charge in [0.2, 0.25) is 0 Å². The van der Waals surface area contributed by atoms with Crippen LogP contribution >= 0.6 is 11.3 Å². The minimum absolute atomic E-state index is 0.448. The molecule has 0 aliphatic carbocycles. The SMILES string of the molecule is CCNC(=NCC(C)N1CCOCC1)NCC(C)c1ccsc1. The molecule has 2 heterocycles. The fourth-order valence-electron chi connectivity index (χ4n) is 2.62. The topological polar surface area (TPSA) is 48.9 Å². The molecule has 2 rings (SSSR count). The molecule has 0 bridgehead atoms. The molecular weight excluding hydrogens is 308 g/mol. The molecule has 1 aromatic rings. The van der Waals surface area contributed by atoms with E-state index < -0.39 is 0 Å². The Bertz CT molecular complexity index is 457. The molecule has 0 saturated carbocycles. The maximum absolute atomic E-state index is 5.41. The number of hydrogen-bond donors (Lipinski definition) is 2. The summed E-state index contributed by atoms with van der Waals surface area (Å²) in [5.74, 6) is 1.40. The summed E-state index contributed by atoms with van der Waals surface area (Å²) in [6.45, 7) is 12.9. The quantitative estimate of drug-likeness (QED) is 0.591. The van der Waals surface area contributed by atoms with Gasteiger partial charge in [-0.15, -0.1) is 0 Å². The number of hydrogen-bond acceptors (Lipinski definition) is 4. The van der Waals surface area contributed by atoms with Crippen LogP contribution in [0.15, 0.2) is 21.8 Å². The van der Waals surface area contributed by atoms with E-state index in [9.17, 15) is 0 Å². The summed E-state index contributed by atoms with van der Waals surface area (Å²) in [4.78, 5) is 7.21. The summed E-state index contributed by atoms with van der Waals surface area (Å²) in [7, 11) is 0. The Morgan fingerprint density at radius 2 is 2.13 bits per heavy atom. The largest absolute Gasteiger partial charge is 0.379 e. The summed E-state index contributed by atoms with van der Waals surface area (Å²) < 4.78 is 5.41. The molecule has 0 aromatic carbocycles. The lowest BCUT2D eigenvalue weighted by atomic mass is 10.1. The zero-order valence-corrected chi connectivity index (χ0v) is 15.4. The molecule has 2 atom stereocenters. The molecule has 2 unspecified atom stereocenters. The van der Waals surface area contributed by atoms with Gasteiger partial charge in [-0.05, 0) is 42.2 Å². The number of rotatable bonds is 7. The van der Waals surface area contributed by atoms with Crippen LogP contribution in [-0.4, -0.2) is 62.8 Å². The maximum atomic E-state index is 5.41. The Kier molecular flexibility index (Phi) is 7.85. The molecule has 0 amide bonds. The van der Waals surface area contributed by atoms with Crippen molar-refractivity contribution in [2.75, 3.05) is 45.9 Å². The minimum Gasteiger partial charge on any atom is -0.379 e. The van der Waals surface area contributed by atoms with E-state index in [2.05, 4.69) is 53.1 Å². The number of thiophene rings is 1. The van der Waals surface area contributed by atoms with Crippen molar-refractivity contribution in [3.63, 3.8) is 0 Å². The molecule has 1 aliphatic rings. The van der Waals surface area contributed by atoms with Crippen molar-refractivity contribution in [1.82, 2.24) is 15.5 Å². The van der Waals surface area contributed by atoms with Gasteiger partial charge in [0.1, 0.15) is 0 Å². The average Bonchev–Trinajstić information content (AvgIpc) is 3.12. The summed E-state index contributed by atoms with van der Waals surface area (Å²) in [5.41, 5.74) is 1.39. The van der Waals surface area contributed by atoms with Crippen LogP contribution in [0.25, 0.3) is 0 Å². The summed E-state index contributed by atoms with van der Waals surface area (Å²) >= 11 is 1.75. The monoisotopic (exact) mass is 338 g/mol. The molecule has 6 heteroatoms. The van der Waals surface area contributed by atoms with E-state index in [0.717, 1.165) is 51.9 Å². The number of aliphatic imine (C=N–C) groups is 1. The number of nitrogens with one attached hydrogen (secondary N) is 2. The van der Waals surface area contributed by atoms with Gasteiger partial charge in [0.15, 0.2) is 5.96 Å². The van der Waals surface area contributed by atoms with Gasteiger partial charge < -0.3 is 15.4 Å². The van der Waals surface area contributed by atoms with Crippen LogP contribution in [0.1, 0.15) is 32.3 Å². The molecule has 1 aromatic heterocycles. The smallest absolute Gasteiger partial charge is 0.191 e. The van der Waals surface area contributed by atoms with Crippen molar-refractivity contribution in [3.8, 4) is 0 Å². The Labute approximate surface area is 144 Å². The first-order chi connectivity index (χ1) is 11.2. The highest BCUT2D eigenvalue weighted by Crippen LogP contribution is 2.16. The van der Waals surface area contributed by atoms with Gasteiger partial charge in [-0.3, -0.25) is 9.89 Å². The molecular formula is C17H30N4OS. The van der Waals surface area contributed by atoms with Crippen LogP contribution in [0.2, 0.25) is 0 Å². The lowest BCUT2D eigenvalue weighted by molar-refractivity contribution is 0.0220. The van der Waals surface area contributed by atoms with Crippen molar-refractivity contribution in [2.24, 2.45) is 4.99 Å². The first-order valence-corrected chi connectivity index (χ1v) is 9.51. The zero-order valence-electron chi connectivity index (χ0n) is 14.5. The lowest BCUT2D eigenvalue weighted by Gasteiger charge is -2.31. The fraction of sp³-hybridized carbons (Fsp3) is 0.706. The van der Waals surface area contributed by atoms with Crippen molar-refractivity contribution in [1.29, 1.82) is 0 Å². The van der Waals surface area contributed by atoms with E-state index in [-0.39, 0.29) is 0 Å². The highest BCUT2D eigenvalue weighted by molar-refractivity contribution is 7.07. The van der Waals surface area contributed by atoms with E-state index in [1.807, 2.05) is 0 Å². The van der Waals surface area contributed by atoms with E-state index >= 15 is 0 Å². The van der Waals surface area contributed by atoms with Gasteiger partial charge in [-0.2, -0.15) is 11.3 Å². The van der Waals surface area contributed by atoms with Crippen molar-refractivity contribution >= 4 is 17.3 Å². The molecule has 1 saturated heterocycles. The van der Waals surface area contributed by atoms with Gasteiger partial charge in [0, 0.05) is 32.2 Å². The molecule has 0 radical (unpaired) electrons. The molecule has 1 fully saturated rings. The second kappa shape index (κ2) is 9.90. The normalized spacial score (nSPS) is 19.3. The van der Waals surface area contributed by atoms with Gasteiger partial charge in [-0.25, -0.2) is 0 Å². The van der Waals surface area contributed by atoms with E-state index in [4.69, 9.17) is 9.73 Å². The van der Waals surface area contributed by atoms with Gasteiger partial charge in [-0.1, -0.05) is 6.92 Å². The standard InChI is InChI=1S/C17H30N4OS/c1-4-18-17(19-11-14(2)16-5-10-23-13-16)20-12-15(3)21-6-8-22-9-7-21/h5,10,13-15H,4,6-9,11-12H2,1-3H3,(H2,18,19,20). The van der Waals surface area contributed by atoms with Gasteiger partial charge in [0.05, 0.1) is 19.8 Å².